The lowest BCUT2D eigenvalue weighted by atomic mass is 10.1. The second kappa shape index (κ2) is 5.42. The molecule has 0 spiro atoms. The first-order chi connectivity index (χ1) is 5.75. The van der Waals surface area contributed by atoms with Gasteiger partial charge in [-0.15, -0.1) is 13.2 Å². The zero-order chi connectivity index (χ0) is 9.56. The molecule has 0 unspecified atom stereocenters. The quantitative estimate of drug-likeness (QED) is 0.627. The predicted octanol–water partition coefficient (Wildman–Crippen LogP) is 3.15. The molecule has 0 saturated heterocycles. The van der Waals surface area contributed by atoms with Gasteiger partial charge in [-0.2, -0.15) is 0 Å². The fraction of sp³-hybridized carbons (Fsp3) is 0.273. The summed E-state index contributed by atoms with van der Waals surface area (Å²) in [4.78, 5) is 0. The number of hydrogen-bond donors (Lipinski definition) is 1. The fourth-order valence-corrected chi connectivity index (χ4v) is 1.21. The first-order valence-corrected chi connectivity index (χ1v) is 3.99. The van der Waals surface area contributed by atoms with E-state index in [1.54, 1.807) is 0 Å². The third-order valence-electron chi connectivity index (χ3n) is 1.73. The van der Waals surface area contributed by atoms with E-state index in [9.17, 15) is 0 Å². The van der Waals surface area contributed by atoms with Gasteiger partial charge in [0, 0.05) is 12.7 Å². The molecule has 1 aromatic carbocycles. The smallest absolute Gasteiger partial charge is 0.0396 e. The van der Waals surface area contributed by atoms with Crippen LogP contribution >= 0.6 is 0 Å². The van der Waals surface area contributed by atoms with Crippen molar-refractivity contribution in [1.29, 1.82) is 0 Å². The van der Waals surface area contributed by atoms with Gasteiger partial charge in [-0.3, -0.25) is 0 Å². The molecule has 0 atom stereocenters. The Morgan fingerprint density at radius 2 is 1.50 bits per heavy atom. The molecule has 0 fully saturated rings. The van der Waals surface area contributed by atoms with E-state index in [1.807, 2.05) is 7.05 Å². The fourth-order valence-electron chi connectivity index (χ4n) is 1.21. The molecule has 0 aliphatic carbocycles. The SMILES string of the molecule is C=C.CNc1c(C)cccc1C. The molecule has 1 nitrogen and oxygen atoms in total. The van der Waals surface area contributed by atoms with Gasteiger partial charge >= 0.3 is 0 Å². The molecule has 0 aromatic heterocycles. The van der Waals surface area contributed by atoms with Gasteiger partial charge in [0.25, 0.3) is 0 Å². The van der Waals surface area contributed by atoms with Gasteiger partial charge < -0.3 is 5.32 Å². The first-order valence-electron chi connectivity index (χ1n) is 3.99. The predicted molar refractivity (Wildman–Crippen MR) is 56.7 cm³/mol. The maximum atomic E-state index is 3.16. The second-order valence-corrected chi connectivity index (χ2v) is 2.52. The maximum Gasteiger partial charge on any atom is 0.0396 e. The Kier molecular flexibility index (Phi) is 4.86. The van der Waals surface area contributed by atoms with Crippen LogP contribution in [0.3, 0.4) is 0 Å². The third kappa shape index (κ3) is 2.42. The summed E-state index contributed by atoms with van der Waals surface area (Å²) in [6, 6.07) is 6.29. The van der Waals surface area contributed by atoms with Gasteiger partial charge in [0.1, 0.15) is 0 Å². The molecule has 0 amide bonds. The zero-order valence-corrected chi connectivity index (χ0v) is 8.15. The Bertz CT molecular complexity index is 221. The van der Waals surface area contributed by atoms with E-state index < -0.39 is 0 Å². The molecule has 1 rings (SSSR count). The first kappa shape index (κ1) is 10.8. The topological polar surface area (TPSA) is 12.0 Å². The highest BCUT2D eigenvalue weighted by atomic mass is 14.8. The van der Waals surface area contributed by atoms with Crippen LogP contribution in [-0.4, -0.2) is 7.05 Å². The molecular weight excluding hydrogens is 146 g/mol. The Balaban J connectivity index is 0.000000561. The highest BCUT2D eigenvalue weighted by Crippen LogP contribution is 2.17. The molecule has 0 radical (unpaired) electrons. The summed E-state index contributed by atoms with van der Waals surface area (Å²) in [6.07, 6.45) is 0. The molecule has 0 saturated carbocycles. The van der Waals surface area contributed by atoms with Gasteiger partial charge in [0.05, 0.1) is 0 Å². The highest BCUT2D eigenvalue weighted by molar-refractivity contribution is 5.55. The average molecular weight is 163 g/mol. The molecule has 0 aliphatic rings. The summed E-state index contributed by atoms with van der Waals surface area (Å²) in [5, 5.41) is 3.16. The van der Waals surface area contributed by atoms with E-state index >= 15 is 0 Å². The van der Waals surface area contributed by atoms with Crippen LogP contribution in [0.2, 0.25) is 0 Å². The lowest BCUT2D eigenvalue weighted by molar-refractivity contribution is 1.34. The lowest BCUT2D eigenvalue weighted by Crippen LogP contribution is -1.93. The molecule has 0 heterocycles. The normalized spacial score (nSPS) is 8.25. The Labute approximate surface area is 75.1 Å². The molecule has 0 aliphatic heterocycles. The molecule has 66 valence electrons. The van der Waals surface area contributed by atoms with Crippen molar-refractivity contribution in [2.45, 2.75) is 13.8 Å². The molecular formula is C11H17N. The minimum absolute atomic E-state index is 1.25. The van der Waals surface area contributed by atoms with E-state index in [1.165, 1.54) is 16.8 Å². The van der Waals surface area contributed by atoms with E-state index in [4.69, 9.17) is 0 Å². The number of nitrogens with one attached hydrogen (secondary N) is 1. The van der Waals surface area contributed by atoms with Crippen LogP contribution in [0.25, 0.3) is 0 Å². The van der Waals surface area contributed by atoms with Crippen LogP contribution < -0.4 is 5.32 Å². The summed E-state index contributed by atoms with van der Waals surface area (Å²) in [5.74, 6) is 0. The maximum absolute atomic E-state index is 3.16. The van der Waals surface area contributed by atoms with E-state index in [2.05, 4.69) is 50.5 Å². The minimum Gasteiger partial charge on any atom is -0.388 e. The number of para-hydroxylation sites is 1. The summed E-state index contributed by atoms with van der Waals surface area (Å²) in [7, 11) is 1.95. The largest absolute Gasteiger partial charge is 0.388 e. The number of benzene rings is 1. The molecule has 1 N–H and O–H groups in total. The Hall–Kier alpha value is -1.24. The van der Waals surface area contributed by atoms with Crippen molar-refractivity contribution in [3.05, 3.63) is 42.5 Å². The van der Waals surface area contributed by atoms with Crippen molar-refractivity contribution < 1.29 is 0 Å². The van der Waals surface area contributed by atoms with Gasteiger partial charge in [0.15, 0.2) is 0 Å². The molecule has 1 aromatic rings. The second-order valence-electron chi connectivity index (χ2n) is 2.52. The van der Waals surface area contributed by atoms with Crippen LogP contribution in [0.5, 0.6) is 0 Å². The average Bonchev–Trinajstić information content (AvgIpc) is 2.08. The lowest BCUT2D eigenvalue weighted by Gasteiger charge is -2.07. The van der Waals surface area contributed by atoms with Crippen molar-refractivity contribution in [1.82, 2.24) is 0 Å². The standard InChI is InChI=1S/C9H13N.C2H4/c1-7-5-4-6-8(2)9(7)10-3;1-2/h4-6,10H,1-3H3;1-2H2. The number of anilines is 1. The minimum atomic E-state index is 1.25. The van der Waals surface area contributed by atoms with Crippen LogP contribution in [0.1, 0.15) is 11.1 Å². The molecule has 12 heavy (non-hydrogen) atoms. The van der Waals surface area contributed by atoms with Gasteiger partial charge in [-0.05, 0) is 25.0 Å². The summed E-state index contributed by atoms with van der Waals surface area (Å²) < 4.78 is 0. The number of aryl methyl sites for hydroxylation is 2. The zero-order valence-electron chi connectivity index (χ0n) is 8.15. The summed E-state index contributed by atoms with van der Waals surface area (Å²) >= 11 is 0. The van der Waals surface area contributed by atoms with Crippen molar-refractivity contribution >= 4 is 5.69 Å². The van der Waals surface area contributed by atoms with Gasteiger partial charge in [-0.25, -0.2) is 0 Å². The Morgan fingerprint density at radius 1 is 1.08 bits per heavy atom. The van der Waals surface area contributed by atoms with Gasteiger partial charge in [-0.1, -0.05) is 18.2 Å². The molecule has 1 heteroatoms. The van der Waals surface area contributed by atoms with Crippen LogP contribution in [-0.2, 0) is 0 Å². The Morgan fingerprint density at radius 3 is 1.75 bits per heavy atom. The van der Waals surface area contributed by atoms with Crippen molar-refractivity contribution in [3.63, 3.8) is 0 Å². The van der Waals surface area contributed by atoms with E-state index in [0.717, 1.165) is 0 Å². The van der Waals surface area contributed by atoms with Crippen molar-refractivity contribution in [2.24, 2.45) is 0 Å². The number of rotatable bonds is 1. The van der Waals surface area contributed by atoms with Crippen molar-refractivity contribution in [3.8, 4) is 0 Å². The third-order valence-corrected chi connectivity index (χ3v) is 1.73. The highest BCUT2D eigenvalue weighted by Gasteiger charge is 1.96. The number of hydrogen-bond acceptors (Lipinski definition) is 1. The van der Waals surface area contributed by atoms with Crippen LogP contribution in [0.15, 0.2) is 31.4 Å². The van der Waals surface area contributed by atoms with E-state index in [0.29, 0.717) is 0 Å². The van der Waals surface area contributed by atoms with Gasteiger partial charge in [0.2, 0.25) is 0 Å². The summed E-state index contributed by atoms with van der Waals surface area (Å²) in [5.41, 5.74) is 3.87. The van der Waals surface area contributed by atoms with Crippen molar-refractivity contribution in [2.75, 3.05) is 12.4 Å². The van der Waals surface area contributed by atoms with E-state index in [-0.39, 0.29) is 0 Å². The summed E-state index contributed by atoms with van der Waals surface area (Å²) in [6.45, 7) is 10.2. The monoisotopic (exact) mass is 163 g/mol. The molecule has 0 bridgehead atoms. The van der Waals surface area contributed by atoms with Crippen LogP contribution in [0.4, 0.5) is 5.69 Å². The van der Waals surface area contributed by atoms with Crippen LogP contribution in [0, 0.1) is 13.8 Å².